The van der Waals surface area contributed by atoms with Crippen LogP contribution in [0.15, 0.2) is 24.2 Å². The Morgan fingerprint density at radius 2 is 1.87 bits per heavy atom. The van der Waals surface area contributed by atoms with Crippen LogP contribution in [0, 0.1) is 13.8 Å². The van der Waals surface area contributed by atoms with Crippen molar-refractivity contribution in [3.05, 3.63) is 35.3 Å². The zero-order chi connectivity index (χ0) is 16.8. The Hall–Kier alpha value is -2.83. The maximum absolute atomic E-state index is 12.0. The number of imidazole rings is 1. The molecule has 1 aliphatic heterocycles. The largest absolute Gasteiger partial charge is 0.419 e. The van der Waals surface area contributed by atoms with Crippen LogP contribution in [-0.4, -0.2) is 27.7 Å². The SMILES string of the molecule is Cc1cc2[nH]cnc2c(NC=C2C(=O)OC(C)(C)OC2=O)c1C. The number of carbonyl (C=O) groups is 2. The number of carbonyl (C=O) groups excluding carboxylic acids is 2. The van der Waals surface area contributed by atoms with Gasteiger partial charge >= 0.3 is 11.9 Å². The smallest absolute Gasteiger partial charge is 0.350 e. The van der Waals surface area contributed by atoms with Crippen LogP contribution in [0.3, 0.4) is 0 Å². The van der Waals surface area contributed by atoms with Crippen molar-refractivity contribution < 1.29 is 19.1 Å². The average Bonchev–Trinajstić information content (AvgIpc) is 2.88. The number of benzene rings is 1. The fourth-order valence-corrected chi connectivity index (χ4v) is 2.41. The normalized spacial score (nSPS) is 17.0. The van der Waals surface area contributed by atoms with Gasteiger partial charge in [0, 0.05) is 20.0 Å². The summed E-state index contributed by atoms with van der Waals surface area (Å²) in [7, 11) is 0. The molecule has 0 saturated carbocycles. The van der Waals surface area contributed by atoms with Crippen molar-refractivity contribution in [1.82, 2.24) is 9.97 Å². The number of rotatable bonds is 2. The molecule has 1 aromatic heterocycles. The molecule has 3 rings (SSSR count). The number of cyclic esters (lactones) is 2. The molecule has 1 aromatic carbocycles. The Bertz CT molecular complexity index is 826. The number of nitrogens with zero attached hydrogens (tertiary/aromatic N) is 1. The highest BCUT2D eigenvalue weighted by Gasteiger charge is 2.39. The maximum Gasteiger partial charge on any atom is 0.350 e. The average molecular weight is 315 g/mol. The first-order chi connectivity index (χ1) is 10.8. The Morgan fingerprint density at radius 3 is 2.52 bits per heavy atom. The van der Waals surface area contributed by atoms with Crippen molar-refractivity contribution in [2.45, 2.75) is 33.5 Å². The van der Waals surface area contributed by atoms with E-state index < -0.39 is 17.7 Å². The molecule has 7 heteroatoms. The van der Waals surface area contributed by atoms with E-state index >= 15 is 0 Å². The molecule has 0 atom stereocenters. The monoisotopic (exact) mass is 315 g/mol. The van der Waals surface area contributed by atoms with Gasteiger partial charge in [-0.05, 0) is 31.0 Å². The van der Waals surface area contributed by atoms with Crippen molar-refractivity contribution in [2.75, 3.05) is 5.32 Å². The van der Waals surface area contributed by atoms with Crippen LogP contribution in [0.4, 0.5) is 5.69 Å². The Morgan fingerprint density at radius 1 is 1.22 bits per heavy atom. The van der Waals surface area contributed by atoms with Crippen LogP contribution < -0.4 is 5.32 Å². The molecule has 0 unspecified atom stereocenters. The van der Waals surface area contributed by atoms with Crippen LogP contribution in [0.1, 0.15) is 25.0 Å². The van der Waals surface area contributed by atoms with Gasteiger partial charge in [0.1, 0.15) is 5.52 Å². The van der Waals surface area contributed by atoms with E-state index in [4.69, 9.17) is 9.47 Å². The van der Waals surface area contributed by atoms with Gasteiger partial charge in [0.15, 0.2) is 5.57 Å². The number of ether oxygens (including phenoxy) is 2. The highest BCUT2D eigenvalue weighted by atomic mass is 16.7. The number of anilines is 1. The van der Waals surface area contributed by atoms with Gasteiger partial charge in [0.25, 0.3) is 5.79 Å². The molecule has 2 aromatic rings. The van der Waals surface area contributed by atoms with E-state index in [9.17, 15) is 9.59 Å². The summed E-state index contributed by atoms with van der Waals surface area (Å²) >= 11 is 0. The number of fused-ring (bicyclic) bond motifs is 1. The molecular formula is C16H17N3O4. The van der Waals surface area contributed by atoms with E-state index in [1.165, 1.54) is 20.0 Å². The summed E-state index contributed by atoms with van der Waals surface area (Å²) < 4.78 is 10.1. The van der Waals surface area contributed by atoms with Gasteiger partial charge in [0.05, 0.1) is 17.5 Å². The van der Waals surface area contributed by atoms with E-state index in [1.54, 1.807) is 6.33 Å². The first-order valence-corrected chi connectivity index (χ1v) is 7.15. The molecule has 0 radical (unpaired) electrons. The standard InChI is InChI=1S/C16H17N3O4/c1-8-5-11-13(19-7-18-11)12(9(8)2)17-6-10-14(20)22-16(3,4)23-15(10)21/h5-7,17H,1-4H3,(H,18,19). The second kappa shape index (κ2) is 5.12. The van der Waals surface area contributed by atoms with Gasteiger partial charge in [-0.3, -0.25) is 0 Å². The van der Waals surface area contributed by atoms with Crippen LogP contribution in [0.2, 0.25) is 0 Å². The highest BCUT2D eigenvalue weighted by molar-refractivity contribution is 6.15. The van der Waals surface area contributed by atoms with Gasteiger partial charge in [-0.25, -0.2) is 14.6 Å². The molecule has 0 bridgehead atoms. The lowest BCUT2D eigenvalue weighted by molar-refractivity contribution is -0.222. The van der Waals surface area contributed by atoms with Gasteiger partial charge in [-0.2, -0.15) is 0 Å². The number of aromatic amines is 1. The predicted molar refractivity (Wildman–Crippen MR) is 83.5 cm³/mol. The van der Waals surface area contributed by atoms with E-state index in [1.807, 2.05) is 19.9 Å². The summed E-state index contributed by atoms with van der Waals surface area (Å²) in [4.78, 5) is 31.2. The fourth-order valence-electron chi connectivity index (χ4n) is 2.41. The van der Waals surface area contributed by atoms with Crippen molar-refractivity contribution >= 4 is 28.7 Å². The number of hydrogen-bond acceptors (Lipinski definition) is 6. The number of hydrogen-bond donors (Lipinski definition) is 2. The second-order valence-corrected chi connectivity index (χ2v) is 5.87. The Kier molecular flexibility index (Phi) is 3.35. The number of esters is 2. The molecule has 0 amide bonds. The first kappa shape index (κ1) is 15.1. The molecule has 7 nitrogen and oxygen atoms in total. The van der Waals surface area contributed by atoms with Crippen LogP contribution in [0.25, 0.3) is 11.0 Å². The summed E-state index contributed by atoms with van der Waals surface area (Å²) in [5.74, 6) is -2.69. The number of H-pyrrole nitrogens is 1. The minimum absolute atomic E-state index is 0.186. The molecule has 2 N–H and O–H groups in total. The zero-order valence-electron chi connectivity index (χ0n) is 13.3. The van der Waals surface area contributed by atoms with Crippen molar-refractivity contribution in [3.8, 4) is 0 Å². The zero-order valence-corrected chi connectivity index (χ0v) is 13.3. The van der Waals surface area contributed by atoms with Gasteiger partial charge in [-0.1, -0.05) is 0 Å². The summed E-state index contributed by atoms with van der Waals surface area (Å²) in [5.41, 5.74) is 4.15. The highest BCUT2D eigenvalue weighted by Crippen LogP contribution is 2.29. The number of aromatic nitrogens is 2. The third-order valence-corrected chi connectivity index (χ3v) is 3.71. The third-order valence-electron chi connectivity index (χ3n) is 3.71. The quantitative estimate of drug-likeness (QED) is 0.502. The Labute approximate surface area is 132 Å². The molecule has 0 aliphatic carbocycles. The molecular weight excluding hydrogens is 298 g/mol. The summed E-state index contributed by atoms with van der Waals surface area (Å²) in [6.07, 6.45) is 2.89. The fraction of sp³-hybridized carbons (Fsp3) is 0.312. The van der Waals surface area contributed by atoms with E-state index in [-0.39, 0.29) is 5.57 Å². The summed E-state index contributed by atoms with van der Waals surface area (Å²) in [6, 6.07) is 1.99. The molecule has 23 heavy (non-hydrogen) atoms. The van der Waals surface area contributed by atoms with Gasteiger partial charge in [0.2, 0.25) is 0 Å². The molecule has 0 spiro atoms. The van der Waals surface area contributed by atoms with E-state index in [0.29, 0.717) is 0 Å². The lowest BCUT2D eigenvalue weighted by atomic mass is 10.1. The number of aryl methyl sites for hydroxylation is 1. The third kappa shape index (κ3) is 2.65. The maximum atomic E-state index is 12.0. The minimum Gasteiger partial charge on any atom is -0.419 e. The van der Waals surface area contributed by atoms with Crippen molar-refractivity contribution in [3.63, 3.8) is 0 Å². The van der Waals surface area contributed by atoms with Crippen LogP contribution in [-0.2, 0) is 19.1 Å². The number of nitrogens with one attached hydrogen (secondary N) is 2. The molecule has 2 heterocycles. The second-order valence-electron chi connectivity index (χ2n) is 5.87. The predicted octanol–water partition coefficient (Wildman–Crippen LogP) is 2.31. The van der Waals surface area contributed by atoms with Gasteiger partial charge < -0.3 is 19.8 Å². The van der Waals surface area contributed by atoms with Crippen molar-refractivity contribution in [2.24, 2.45) is 0 Å². The Balaban J connectivity index is 1.97. The van der Waals surface area contributed by atoms with Crippen LogP contribution in [0.5, 0.6) is 0 Å². The molecule has 1 fully saturated rings. The van der Waals surface area contributed by atoms with Gasteiger partial charge in [-0.15, -0.1) is 0 Å². The first-order valence-electron chi connectivity index (χ1n) is 7.15. The minimum atomic E-state index is -1.25. The van der Waals surface area contributed by atoms with Crippen LogP contribution >= 0.6 is 0 Å². The molecule has 120 valence electrons. The van der Waals surface area contributed by atoms with E-state index in [2.05, 4.69) is 15.3 Å². The summed E-state index contributed by atoms with van der Waals surface area (Å²) in [6.45, 7) is 6.92. The van der Waals surface area contributed by atoms with Crippen molar-refractivity contribution in [1.29, 1.82) is 0 Å². The lowest BCUT2D eigenvalue weighted by Crippen LogP contribution is -2.42. The topological polar surface area (TPSA) is 93.3 Å². The van der Waals surface area contributed by atoms with E-state index in [0.717, 1.165) is 27.8 Å². The molecule has 1 saturated heterocycles. The summed E-state index contributed by atoms with van der Waals surface area (Å²) in [5, 5.41) is 2.99. The molecule has 1 aliphatic rings. The lowest BCUT2D eigenvalue weighted by Gasteiger charge is -2.29.